The molecule has 0 radical (unpaired) electrons. The largest absolute Gasteiger partial charge is 0.438 e. The molecular formula is C22H28O6. The summed E-state index contributed by atoms with van der Waals surface area (Å²) in [5, 5.41) is 0. The van der Waals surface area contributed by atoms with Gasteiger partial charge >= 0.3 is 11.9 Å². The highest BCUT2D eigenvalue weighted by Crippen LogP contribution is 2.71. The van der Waals surface area contributed by atoms with Crippen LogP contribution in [0.4, 0.5) is 0 Å². The summed E-state index contributed by atoms with van der Waals surface area (Å²) < 4.78 is 22.3. The Morgan fingerprint density at radius 1 is 1.29 bits per heavy atom. The van der Waals surface area contributed by atoms with E-state index in [4.69, 9.17) is 18.9 Å². The molecule has 6 atom stereocenters. The van der Waals surface area contributed by atoms with Gasteiger partial charge in [-0.15, -0.1) is 0 Å². The lowest BCUT2D eigenvalue weighted by molar-refractivity contribution is -0.184. The Morgan fingerprint density at radius 3 is 2.82 bits per heavy atom. The number of esters is 2. The second-order valence-electron chi connectivity index (χ2n) is 9.60. The first-order valence-corrected chi connectivity index (χ1v) is 10.3. The molecule has 0 aromatic heterocycles. The molecule has 1 spiro atoms. The summed E-state index contributed by atoms with van der Waals surface area (Å²) in [7, 11) is 1.53. The van der Waals surface area contributed by atoms with Gasteiger partial charge in [-0.2, -0.15) is 0 Å². The molecule has 3 fully saturated rings. The molecule has 6 nitrogen and oxygen atoms in total. The predicted octanol–water partition coefficient (Wildman–Crippen LogP) is 3.26. The zero-order chi connectivity index (χ0) is 19.9. The van der Waals surface area contributed by atoms with Crippen LogP contribution in [-0.2, 0) is 28.5 Å². The highest BCUT2D eigenvalue weighted by atomic mass is 16.7. The molecule has 1 saturated heterocycles. The number of epoxide rings is 1. The van der Waals surface area contributed by atoms with Gasteiger partial charge < -0.3 is 18.9 Å². The first kappa shape index (κ1) is 18.4. The standard InChI is InChI=1S/C22H28O6/c1-12-16-13(27-18(12)23)10-15-20(2)7-5-8-21(3,19(24)26-11-25-4)14(20)6-9-22(15)17(16)28-22/h10,14-15,17H,5-9,11H2,1-4H3/t14-,15-,17+,20+,21+,22-/m0/s1. The number of methoxy groups -OCH3 is 1. The number of hydrogen-bond donors (Lipinski definition) is 0. The fourth-order valence-electron chi connectivity index (χ4n) is 6.91. The lowest BCUT2D eigenvalue weighted by Gasteiger charge is -2.58. The van der Waals surface area contributed by atoms with E-state index in [0.717, 1.165) is 37.7 Å². The van der Waals surface area contributed by atoms with Gasteiger partial charge in [-0.25, -0.2) is 4.79 Å². The minimum absolute atomic E-state index is 0.0101. The Labute approximate surface area is 165 Å². The molecule has 0 aromatic carbocycles. The summed E-state index contributed by atoms with van der Waals surface area (Å²) in [4.78, 5) is 25.1. The summed E-state index contributed by atoms with van der Waals surface area (Å²) in [6.45, 7) is 6.16. The van der Waals surface area contributed by atoms with Crippen molar-refractivity contribution in [1.82, 2.24) is 0 Å². The molecule has 0 N–H and O–H groups in total. The highest BCUT2D eigenvalue weighted by molar-refractivity contribution is 5.95. The normalized spacial score (nSPS) is 45.9. The molecule has 0 aromatic rings. The van der Waals surface area contributed by atoms with Crippen LogP contribution in [0.2, 0.25) is 0 Å². The van der Waals surface area contributed by atoms with Gasteiger partial charge in [0.05, 0.1) is 5.41 Å². The molecule has 0 amide bonds. The van der Waals surface area contributed by atoms with Crippen LogP contribution in [0.5, 0.6) is 0 Å². The Morgan fingerprint density at radius 2 is 2.07 bits per heavy atom. The minimum atomic E-state index is -0.533. The quantitative estimate of drug-likeness (QED) is 0.420. The Hall–Kier alpha value is -1.66. The summed E-state index contributed by atoms with van der Waals surface area (Å²) in [6.07, 6.45) is 6.73. The van der Waals surface area contributed by atoms with Crippen LogP contribution >= 0.6 is 0 Å². The zero-order valence-corrected chi connectivity index (χ0v) is 17.0. The molecular weight excluding hydrogens is 360 g/mol. The maximum atomic E-state index is 13.0. The van der Waals surface area contributed by atoms with E-state index in [0.29, 0.717) is 11.3 Å². The van der Waals surface area contributed by atoms with E-state index in [2.05, 4.69) is 19.9 Å². The van der Waals surface area contributed by atoms with Crippen LogP contribution in [0, 0.1) is 22.7 Å². The third-order valence-electron chi connectivity index (χ3n) is 8.29. The molecule has 152 valence electrons. The average Bonchev–Trinajstić information content (AvgIpc) is 3.31. The lowest BCUT2D eigenvalue weighted by Crippen LogP contribution is -2.58. The number of hydrogen-bond acceptors (Lipinski definition) is 6. The van der Waals surface area contributed by atoms with Gasteiger partial charge in [-0.05, 0) is 56.9 Å². The summed E-state index contributed by atoms with van der Waals surface area (Å²) in [5.74, 6) is 0.586. The Balaban J connectivity index is 1.54. The summed E-state index contributed by atoms with van der Waals surface area (Å²) >= 11 is 0. The topological polar surface area (TPSA) is 74.4 Å². The maximum absolute atomic E-state index is 13.0. The summed E-state index contributed by atoms with van der Waals surface area (Å²) in [6, 6.07) is 0. The maximum Gasteiger partial charge on any atom is 0.339 e. The molecule has 2 heterocycles. The van der Waals surface area contributed by atoms with Crippen molar-refractivity contribution in [3.05, 3.63) is 23.0 Å². The predicted molar refractivity (Wildman–Crippen MR) is 98.7 cm³/mol. The minimum Gasteiger partial charge on any atom is -0.438 e. The SMILES string of the molecule is COCOC(=O)[C@]1(C)CCC[C@@]2(C)[C@@H]3C=C4OC(=O)C(C)=C4[C@H]4O[C@]43CC[C@@H]21. The number of fused-ring (bicyclic) bond motifs is 4. The van der Waals surface area contributed by atoms with Crippen LogP contribution in [0.3, 0.4) is 0 Å². The van der Waals surface area contributed by atoms with Crippen LogP contribution in [0.1, 0.15) is 52.9 Å². The van der Waals surface area contributed by atoms with Crippen molar-refractivity contribution >= 4 is 11.9 Å². The van der Waals surface area contributed by atoms with Gasteiger partial charge in [0.2, 0.25) is 0 Å². The lowest BCUT2D eigenvalue weighted by atomic mass is 9.44. The molecule has 5 aliphatic rings. The number of carbonyl (C=O) groups is 2. The molecule has 2 aliphatic heterocycles. The van der Waals surface area contributed by atoms with Gasteiger partial charge in [-0.3, -0.25) is 4.79 Å². The average molecular weight is 388 g/mol. The van der Waals surface area contributed by atoms with E-state index in [9.17, 15) is 9.59 Å². The monoisotopic (exact) mass is 388 g/mol. The van der Waals surface area contributed by atoms with Crippen molar-refractivity contribution in [2.45, 2.75) is 64.6 Å². The molecule has 0 unspecified atom stereocenters. The molecule has 3 aliphatic carbocycles. The van der Waals surface area contributed by atoms with Gasteiger partial charge in [0, 0.05) is 24.2 Å². The van der Waals surface area contributed by atoms with E-state index in [1.807, 2.05) is 6.92 Å². The van der Waals surface area contributed by atoms with Gasteiger partial charge in [0.1, 0.15) is 17.5 Å². The van der Waals surface area contributed by atoms with Crippen LogP contribution in [0.25, 0.3) is 0 Å². The smallest absolute Gasteiger partial charge is 0.339 e. The highest BCUT2D eigenvalue weighted by Gasteiger charge is 2.74. The molecule has 28 heavy (non-hydrogen) atoms. The van der Waals surface area contributed by atoms with E-state index in [1.54, 1.807) is 0 Å². The van der Waals surface area contributed by atoms with Crippen molar-refractivity contribution in [2.24, 2.45) is 22.7 Å². The van der Waals surface area contributed by atoms with Gasteiger partial charge in [0.15, 0.2) is 6.79 Å². The zero-order valence-electron chi connectivity index (χ0n) is 17.0. The first-order chi connectivity index (χ1) is 13.3. The third-order valence-corrected chi connectivity index (χ3v) is 8.29. The molecule has 5 rings (SSSR count). The second kappa shape index (κ2) is 5.70. The summed E-state index contributed by atoms with van der Waals surface area (Å²) in [5.41, 5.74) is 0.743. The number of ether oxygens (including phenoxy) is 4. The fraction of sp³-hybridized carbons (Fsp3) is 0.727. The van der Waals surface area contributed by atoms with Crippen molar-refractivity contribution < 1.29 is 28.5 Å². The van der Waals surface area contributed by atoms with E-state index in [-0.39, 0.29) is 47.7 Å². The Kier molecular flexibility index (Phi) is 3.74. The van der Waals surface area contributed by atoms with Crippen molar-refractivity contribution in [1.29, 1.82) is 0 Å². The van der Waals surface area contributed by atoms with E-state index >= 15 is 0 Å². The molecule has 2 saturated carbocycles. The molecule has 6 heteroatoms. The Bertz CT molecular complexity index is 827. The fourth-order valence-corrected chi connectivity index (χ4v) is 6.91. The second-order valence-corrected chi connectivity index (χ2v) is 9.60. The van der Waals surface area contributed by atoms with Crippen LogP contribution < -0.4 is 0 Å². The van der Waals surface area contributed by atoms with Gasteiger partial charge in [-0.1, -0.05) is 13.3 Å². The van der Waals surface area contributed by atoms with Crippen molar-refractivity contribution in [3.8, 4) is 0 Å². The van der Waals surface area contributed by atoms with Crippen molar-refractivity contribution in [2.75, 3.05) is 13.9 Å². The molecule has 0 bridgehead atoms. The van der Waals surface area contributed by atoms with E-state index < -0.39 is 5.41 Å². The third kappa shape index (κ3) is 2.11. The van der Waals surface area contributed by atoms with Crippen LogP contribution in [-0.4, -0.2) is 37.5 Å². The van der Waals surface area contributed by atoms with E-state index in [1.165, 1.54) is 7.11 Å². The van der Waals surface area contributed by atoms with Crippen LogP contribution in [0.15, 0.2) is 23.0 Å². The number of rotatable bonds is 3. The van der Waals surface area contributed by atoms with Crippen molar-refractivity contribution in [3.63, 3.8) is 0 Å². The number of carbonyl (C=O) groups excluding carboxylic acids is 2. The van der Waals surface area contributed by atoms with Gasteiger partial charge in [0.25, 0.3) is 0 Å². The first-order valence-electron chi connectivity index (χ1n) is 10.3.